The number of fused-ring (bicyclic) bond motifs is 1. The number of nitrogens with zero attached hydrogens (tertiary/aromatic N) is 1. The minimum absolute atomic E-state index is 0.0447. The van der Waals surface area contributed by atoms with E-state index in [1.807, 2.05) is 67.8 Å². The van der Waals surface area contributed by atoms with Gasteiger partial charge in [-0.2, -0.15) is 0 Å². The van der Waals surface area contributed by atoms with E-state index < -0.39 is 11.6 Å². The van der Waals surface area contributed by atoms with Gasteiger partial charge in [0.2, 0.25) is 0 Å². The average Bonchev–Trinajstić information content (AvgIpc) is 3.11. The number of aromatic nitrogens is 1. The van der Waals surface area contributed by atoms with Crippen LogP contribution in [0.5, 0.6) is 0 Å². The molecular formula is C28H32ClNO4. The lowest BCUT2D eigenvalue weighted by atomic mass is 9.82. The molecule has 0 radical (unpaired) electrons. The zero-order valence-electron chi connectivity index (χ0n) is 20.3. The van der Waals surface area contributed by atoms with Crippen LogP contribution in [0.4, 0.5) is 0 Å². The Morgan fingerprint density at radius 2 is 1.71 bits per heavy atom. The van der Waals surface area contributed by atoms with E-state index in [4.69, 9.17) is 21.1 Å². The highest BCUT2D eigenvalue weighted by atomic mass is 35.5. The van der Waals surface area contributed by atoms with E-state index in [2.05, 4.69) is 0 Å². The lowest BCUT2D eigenvalue weighted by Crippen LogP contribution is -2.26. The van der Waals surface area contributed by atoms with E-state index in [1.54, 1.807) is 0 Å². The molecule has 1 fully saturated rings. The third kappa shape index (κ3) is 5.15. The van der Waals surface area contributed by atoms with Crippen LogP contribution in [0.1, 0.15) is 74.7 Å². The number of ether oxygens (including phenoxy) is 2. The van der Waals surface area contributed by atoms with E-state index in [0.717, 1.165) is 35.0 Å². The molecule has 3 aromatic rings. The molecule has 0 spiro atoms. The summed E-state index contributed by atoms with van der Waals surface area (Å²) >= 11 is 6.20. The molecule has 0 atom stereocenters. The lowest BCUT2D eigenvalue weighted by Gasteiger charge is -2.24. The SMILES string of the molecule is COC(=O)c1ccc2c(C3CCCCC3)c(-c3ccc(Cl)cc3)n(CC(=O)OC(C)(C)C)c2c1. The van der Waals surface area contributed by atoms with E-state index in [9.17, 15) is 9.59 Å². The van der Waals surface area contributed by atoms with Crippen LogP contribution in [0, 0.1) is 0 Å². The van der Waals surface area contributed by atoms with Gasteiger partial charge in [-0.25, -0.2) is 4.79 Å². The lowest BCUT2D eigenvalue weighted by molar-refractivity contribution is -0.155. The maximum atomic E-state index is 13.0. The van der Waals surface area contributed by atoms with Gasteiger partial charge in [0, 0.05) is 10.4 Å². The summed E-state index contributed by atoms with van der Waals surface area (Å²) in [5.41, 5.74) is 3.91. The van der Waals surface area contributed by atoms with Crippen molar-refractivity contribution in [3.05, 3.63) is 58.6 Å². The summed E-state index contributed by atoms with van der Waals surface area (Å²) < 4.78 is 12.7. The standard InChI is InChI=1S/C28H32ClNO4/c1-28(2,3)34-24(31)17-30-23-16-20(27(32)33-4)12-15-22(23)25(18-8-6-5-7-9-18)26(30)19-10-13-21(29)14-11-19/h10-16,18H,5-9,17H2,1-4H3. The van der Waals surface area contributed by atoms with Crippen LogP contribution in [0.3, 0.4) is 0 Å². The summed E-state index contributed by atoms with van der Waals surface area (Å²) in [6.07, 6.45) is 5.82. The Morgan fingerprint density at radius 3 is 2.32 bits per heavy atom. The first-order valence-corrected chi connectivity index (χ1v) is 12.3. The minimum atomic E-state index is -0.593. The van der Waals surface area contributed by atoms with Gasteiger partial charge in [-0.15, -0.1) is 0 Å². The highest BCUT2D eigenvalue weighted by molar-refractivity contribution is 6.30. The third-order valence-electron chi connectivity index (χ3n) is 6.36. The maximum absolute atomic E-state index is 13.0. The fourth-order valence-corrected chi connectivity index (χ4v) is 5.14. The Bertz CT molecular complexity index is 1200. The van der Waals surface area contributed by atoms with Crippen molar-refractivity contribution >= 4 is 34.4 Å². The molecule has 6 heteroatoms. The van der Waals surface area contributed by atoms with Crippen molar-refractivity contribution in [2.75, 3.05) is 7.11 Å². The molecule has 1 aliphatic rings. The van der Waals surface area contributed by atoms with Gasteiger partial charge in [0.05, 0.1) is 23.9 Å². The maximum Gasteiger partial charge on any atom is 0.337 e. The number of carbonyl (C=O) groups is 2. The summed E-state index contributed by atoms with van der Waals surface area (Å²) in [6, 6.07) is 13.4. The Morgan fingerprint density at radius 1 is 1.03 bits per heavy atom. The van der Waals surface area contributed by atoms with Gasteiger partial charge in [-0.05, 0) is 74.9 Å². The normalized spacial score (nSPS) is 14.9. The van der Waals surface area contributed by atoms with Crippen molar-refractivity contribution < 1.29 is 19.1 Å². The number of methoxy groups -OCH3 is 1. The van der Waals surface area contributed by atoms with Gasteiger partial charge in [-0.1, -0.05) is 49.1 Å². The summed E-state index contributed by atoms with van der Waals surface area (Å²) in [4.78, 5) is 25.4. The predicted molar refractivity (Wildman–Crippen MR) is 135 cm³/mol. The second-order valence-electron chi connectivity index (χ2n) is 10.0. The van der Waals surface area contributed by atoms with Gasteiger partial charge in [0.1, 0.15) is 12.1 Å². The van der Waals surface area contributed by atoms with E-state index in [-0.39, 0.29) is 12.5 Å². The molecule has 1 saturated carbocycles. The van der Waals surface area contributed by atoms with Gasteiger partial charge >= 0.3 is 11.9 Å². The van der Waals surface area contributed by atoms with Crippen molar-refractivity contribution in [1.82, 2.24) is 4.57 Å². The number of hydrogen-bond acceptors (Lipinski definition) is 4. The molecule has 0 saturated heterocycles. The number of esters is 2. The van der Waals surface area contributed by atoms with Gasteiger partial charge in [0.15, 0.2) is 0 Å². The van der Waals surface area contributed by atoms with Crippen molar-refractivity contribution in [3.8, 4) is 11.3 Å². The molecule has 0 N–H and O–H groups in total. The van der Waals surface area contributed by atoms with Gasteiger partial charge in [-0.3, -0.25) is 4.79 Å². The first kappa shape index (κ1) is 24.3. The van der Waals surface area contributed by atoms with Crippen molar-refractivity contribution in [1.29, 1.82) is 0 Å². The molecule has 0 bridgehead atoms. The number of hydrogen-bond donors (Lipinski definition) is 0. The molecule has 0 amide bonds. The Kier molecular flexibility index (Phi) is 7.04. The Hall–Kier alpha value is -2.79. The summed E-state index contributed by atoms with van der Waals surface area (Å²) in [5, 5.41) is 1.72. The van der Waals surface area contributed by atoms with Crippen LogP contribution in [0.25, 0.3) is 22.2 Å². The molecule has 1 aromatic heterocycles. The van der Waals surface area contributed by atoms with Gasteiger partial charge in [0.25, 0.3) is 0 Å². The number of benzene rings is 2. The Balaban J connectivity index is 1.98. The van der Waals surface area contributed by atoms with E-state index in [1.165, 1.54) is 31.9 Å². The zero-order valence-corrected chi connectivity index (χ0v) is 21.1. The molecule has 1 aliphatic carbocycles. The topological polar surface area (TPSA) is 57.5 Å². The summed E-state index contributed by atoms with van der Waals surface area (Å²) in [6.45, 7) is 5.63. The van der Waals surface area contributed by atoms with Crippen LogP contribution < -0.4 is 0 Å². The van der Waals surface area contributed by atoms with Gasteiger partial charge < -0.3 is 14.0 Å². The molecule has 1 heterocycles. The van der Waals surface area contributed by atoms with Crippen molar-refractivity contribution in [2.24, 2.45) is 0 Å². The van der Waals surface area contributed by atoms with Crippen LogP contribution in [-0.4, -0.2) is 29.2 Å². The van der Waals surface area contributed by atoms with E-state index >= 15 is 0 Å². The monoisotopic (exact) mass is 481 g/mol. The molecule has 2 aromatic carbocycles. The smallest absolute Gasteiger partial charge is 0.337 e. The highest BCUT2D eigenvalue weighted by Crippen LogP contribution is 2.44. The molecule has 0 aliphatic heterocycles. The fraction of sp³-hybridized carbons (Fsp3) is 0.429. The molecule has 0 unspecified atom stereocenters. The zero-order chi connectivity index (χ0) is 24.5. The van der Waals surface area contributed by atoms with Crippen LogP contribution >= 0.6 is 11.6 Å². The summed E-state index contributed by atoms with van der Waals surface area (Å²) in [7, 11) is 1.37. The molecule has 180 valence electrons. The highest BCUT2D eigenvalue weighted by Gasteiger charge is 2.28. The predicted octanol–water partition coefficient (Wildman–Crippen LogP) is 7.14. The Labute approximate surface area is 206 Å². The number of halogens is 1. The first-order chi connectivity index (χ1) is 16.2. The third-order valence-corrected chi connectivity index (χ3v) is 6.62. The van der Waals surface area contributed by atoms with Crippen LogP contribution in [0.2, 0.25) is 5.02 Å². The van der Waals surface area contributed by atoms with Crippen molar-refractivity contribution in [3.63, 3.8) is 0 Å². The number of rotatable bonds is 5. The fourth-order valence-electron chi connectivity index (χ4n) is 5.01. The first-order valence-electron chi connectivity index (χ1n) is 11.9. The molecule has 5 nitrogen and oxygen atoms in total. The second-order valence-corrected chi connectivity index (χ2v) is 10.4. The second kappa shape index (κ2) is 9.83. The molecule has 4 rings (SSSR count). The average molecular weight is 482 g/mol. The minimum Gasteiger partial charge on any atom is -0.465 e. The largest absolute Gasteiger partial charge is 0.465 e. The quantitative estimate of drug-likeness (QED) is 0.363. The number of carbonyl (C=O) groups excluding carboxylic acids is 2. The van der Waals surface area contributed by atoms with Crippen LogP contribution in [0.15, 0.2) is 42.5 Å². The molecule has 34 heavy (non-hydrogen) atoms. The van der Waals surface area contributed by atoms with Crippen molar-refractivity contribution in [2.45, 2.75) is 70.9 Å². The summed E-state index contributed by atoms with van der Waals surface area (Å²) in [5.74, 6) is -0.344. The molecular weight excluding hydrogens is 450 g/mol. The van der Waals surface area contributed by atoms with E-state index in [0.29, 0.717) is 16.5 Å². The van der Waals surface area contributed by atoms with Crippen LogP contribution in [-0.2, 0) is 20.8 Å².